The van der Waals surface area contributed by atoms with Crippen LogP contribution >= 0.6 is 0 Å². The Morgan fingerprint density at radius 3 is 2.68 bits per heavy atom. The highest BCUT2D eigenvalue weighted by atomic mass is 16.5. The Hall–Kier alpha value is -1.06. The van der Waals surface area contributed by atoms with Crippen LogP contribution < -0.4 is 10.5 Å². The standard InChI is InChI=1S/C16H25NO2/c1-11-6-5-8-12(11)16(18)14(10-17)13-7-3-4-9-15(13)19-2/h3-4,7,9,11-12,14,16,18H,5-6,8,10,17H2,1-2H3. The molecule has 3 N–H and O–H groups in total. The van der Waals surface area contributed by atoms with Gasteiger partial charge < -0.3 is 15.6 Å². The zero-order valence-electron chi connectivity index (χ0n) is 11.9. The van der Waals surface area contributed by atoms with Gasteiger partial charge in [-0.2, -0.15) is 0 Å². The number of hydrogen-bond acceptors (Lipinski definition) is 3. The van der Waals surface area contributed by atoms with Crippen LogP contribution in [0.1, 0.15) is 37.7 Å². The van der Waals surface area contributed by atoms with Gasteiger partial charge in [0.05, 0.1) is 13.2 Å². The molecule has 4 atom stereocenters. The van der Waals surface area contributed by atoms with Gasteiger partial charge in [0.15, 0.2) is 0 Å². The summed E-state index contributed by atoms with van der Waals surface area (Å²) in [4.78, 5) is 0. The maximum absolute atomic E-state index is 10.7. The molecule has 4 unspecified atom stereocenters. The molecule has 1 saturated carbocycles. The third-order valence-electron chi connectivity index (χ3n) is 4.57. The first kappa shape index (κ1) is 14.4. The highest BCUT2D eigenvalue weighted by molar-refractivity contribution is 5.37. The molecule has 3 heteroatoms. The highest BCUT2D eigenvalue weighted by Gasteiger charge is 2.35. The van der Waals surface area contributed by atoms with Crippen LogP contribution in [0.2, 0.25) is 0 Å². The third kappa shape index (κ3) is 2.93. The van der Waals surface area contributed by atoms with Crippen LogP contribution in [0.15, 0.2) is 24.3 Å². The lowest BCUT2D eigenvalue weighted by Gasteiger charge is -2.30. The van der Waals surface area contributed by atoms with Crippen molar-refractivity contribution in [2.24, 2.45) is 17.6 Å². The van der Waals surface area contributed by atoms with Gasteiger partial charge in [-0.1, -0.05) is 38.0 Å². The summed E-state index contributed by atoms with van der Waals surface area (Å²) in [5, 5.41) is 10.7. The second-order valence-electron chi connectivity index (χ2n) is 5.65. The van der Waals surface area contributed by atoms with Crippen molar-refractivity contribution in [3.05, 3.63) is 29.8 Å². The fraction of sp³-hybridized carbons (Fsp3) is 0.625. The lowest BCUT2D eigenvalue weighted by Crippen LogP contribution is -2.33. The molecule has 2 rings (SSSR count). The molecule has 1 aliphatic rings. The summed E-state index contributed by atoms with van der Waals surface area (Å²) in [6.45, 7) is 2.68. The number of para-hydroxylation sites is 1. The molecule has 1 aromatic carbocycles. The third-order valence-corrected chi connectivity index (χ3v) is 4.57. The summed E-state index contributed by atoms with van der Waals surface area (Å²) in [6.07, 6.45) is 3.16. The Bertz CT molecular complexity index is 407. The molecule has 1 aromatic rings. The van der Waals surface area contributed by atoms with Crippen molar-refractivity contribution in [2.75, 3.05) is 13.7 Å². The van der Waals surface area contributed by atoms with Crippen LogP contribution in [0.25, 0.3) is 0 Å². The predicted octanol–water partition coefficient (Wildman–Crippen LogP) is 2.53. The van der Waals surface area contributed by atoms with Gasteiger partial charge >= 0.3 is 0 Å². The minimum absolute atomic E-state index is 0.0401. The molecule has 0 aromatic heterocycles. The fourth-order valence-electron chi connectivity index (χ4n) is 3.40. The zero-order chi connectivity index (χ0) is 13.8. The van der Waals surface area contributed by atoms with Gasteiger partial charge in [-0.15, -0.1) is 0 Å². The number of aliphatic hydroxyl groups is 1. The summed E-state index contributed by atoms with van der Waals surface area (Å²) in [5.41, 5.74) is 6.95. The van der Waals surface area contributed by atoms with Crippen molar-refractivity contribution in [1.82, 2.24) is 0 Å². The molecule has 0 saturated heterocycles. The summed E-state index contributed by atoms with van der Waals surface area (Å²) in [5.74, 6) is 1.72. The Labute approximate surface area is 115 Å². The molecule has 0 aliphatic heterocycles. The van der Waals surface area contributed by atoms with E-state index in [1.165, 1.54) is 12.8 Å². The Kier molecular flexibility index (Phi) is 4.83. The smallest absolute Gasteiger partial charge is 0.122 e. The van der Waals surface area contributed by atoms with Gasteiger partial charge in [0.25, 0.3) is 0 Å². The lowest BCUT2D eigenvalue weighted by atomic mass is 9.81. The monoisotopic (exact) mass is 263 g/mol. The Morgan fingerprint density at radius 1 is 1.37 bits per heavy atom. The van der Waals surface area contributed by atoms with Crippen LogP contribution in [-0.2, 0) is 0 Å². The Morgan fingerprint density at radius 2 is 2.11 bits per heavy atom. The minimum atomic E-state index is -0.376. The molecule has 0 bridgehead atoms. The van der Waals surface area contributed by atoms with E-state index in [0.717, 1.165) is 17.7 Å². The fourth-order valence-corrected chi connectivity index (χ4v) is 3.40. The number of nitrogens with two attached hydrogens (primary N) is 1. The Balaban J connectivity index is 2.23. The molecule has 1 aliphatic carbocycles. The van der Waals surface area contributed by atoms with Crippen molar-refractivity contribution in [3.63, 3.8) is 0 Å². The number of rotatable bonds is 5. The van der Waals surface area contributed by atoms with Gasteiger partial charge in [0.2, 0.25) is 0 Å². The van der Waals surface area contributed by atoms with Gasteiger partial charge in [-0.05, 0) is 24.3 Å². The van der Waals surface area contributed by atoms with Gasteiger partial charge in [0, 0.05) is 18.0 Å². The molecule has 0 heterocycles. The molecule has 1 fully saturated rings. The van der Waals surface area contributed by atoms with Crippen molar-refractivity contribution in [3.8, 4) is 5.75 Å². The van der Waals surface area contributed by atoms with E-state index in [4.69, 9.17) is 10.5 Å². The van der Waals surface area contributed by atoms with E-state index in [1.54, 1.807) is 7.11 Å². The second-order valence-corrected chi connectivity index (χ2v) is 5.65. The maximum atomic E-state index is 10.7. The molecule has 0 radical (unpaired) electrons. The first-order valence-corrected chi connectivity index (χ1v) is 7.20. The quantitative estimate of drug-likeness (QED) is 0.858. The average Bonchev–Trinajstić information content (AvgIpc) is 2.86. The summed E-state index contributed by atoms with van der Waals surface area (Å²) >= 11 is 0. The van der Waals surface area contributed by atoms with E-state index in [9.17, 15) is 5.11 Å². The van der Waals surface area contributed by atoms with Crippen molar-refractivity contribution >= 4 is 0 Å². The van der Waals surface area contributed by atoms with Crippen molar-refractivity contribution < 1.29 is 9.84 Å². The maximum Gasteiger partial charge on any atom is 0.122 e. The van der Waals surface area contributed by atoms with Gasteiger partial charge in [-0.3, -0.25) is 0 Å². The van der Waals surface area contributed by atoms with Crippen LogP contribution in [-0.4, -0.2) is 24.9 Å². The molecular weight excluding hydrogens is 238 g/mol. The van der Waals surface area contributed by atoms with E-state index in [0.29, 0.717) is 18.4 Å². The first-order valence-electron chi connectivity index (χ1n) is 7.20. The molecule has 3 nitrogen and oxygen atoms in total. The zero-order valence-corrected chi connectivity index (χ0v) is 11.9. The number of ether oxygens (including phenoxy) is 1. The average molecular weight is 263 g/mol. The number of methoxy groups -OCH3 is 1. The van der Waals surface area contributed by atoms with Crippen LogP contribution in [0.3, 0.4) is 0 Å². The van der Waals surface area contributed by atoms with E-state index >= 15 is 0 Å². The molecule has 0 amide bonds. The van der Waals surface area contributed by atoms with Gasteiger partial charge in [-0.25, -0.2) is 0 Å². The van der Waals surface area contributed by atoms with Crippen LogP contribution in [0, 0.1) is 11.8 Å². The van der Waals surface area contributed by atoms with Crippen LogP contribution in [0.5, 0.6) is 5.75 Å². The molecule has 0 spiro atoms. The summed E-state index contributed by atoms with van der Waals surface area (Å²) in [7, 11) is 1.66. The second kappa shape index (κ2) is 6.40. The first-order chi connectivity index (χ1) is 9.19. The number of aliphatic hydroxyl groups excluding tert-OH is 1. The molecule has 106 valence electrons. The molecular formula is C16H25NO2. The lowest BCUT2D eigenvalue weighted by molar-refractivity contribution is 0.0657. The molecule has 19 heavy (non-hydrogen) atoms. The van der Waals surface area contributed by atoms with Crippen molar-refractivity contribution in [1.29, 1.82) is 0 Å². The number of benzene rings is 1. The normalized spacial score (nSPS) is 26.1. The largest absolute Gasteiger partial charge is 0.496 e. The SMILES string of the molecule is COc1ccccc1C(CN)C(O)C1CCCC1C. The van der Waals surface area contributed by atoms with Gasteiger partial charge in [0.1, 0.15) is 5.75 Å². The predicted molar refractivity (Wildman–Crippen MR) is 77.3 cm³/mol. The number of hydrogen-bond donors (Lipinski definition) is 2. The van der Waals surface area contributed by atoms with E-state index in [2.05, 4.69) is 6.92 Å². The topological polar surface area (TPSA) is 55.5 Å². The van der Waals surface area contributed by atoms with Crippen LogP contribution in [0.4, 0.5) is 0 Å². The minimum Gasteiger partial charge on any atom is -0.496 e. The van der Waals surface area contributed by atoms with E-state index < -0.39 is 0 Å². The van der Waals surface area contributed by atoms with Crippen molar-refractivity contribution in [2.45, 2.75) is 38.2 Å². The summed E-state index contributed by atoms with van der Waals surface area (Å²) in [6, 6.07) is 7.87. The summed E-state index contributed by atoms with van der Waals surface area (Å²) < 4.78 is 5.40. The van der Waals surface area contributed by atoms with E-state index in [1.807, 2.05) is 24.3 Å². The highest BCUT2D eigenvalue weighted by Crippen LogP contribution is 2.40. The van der Waals surface area contributed by atoms with E-state index in [-0.39, 0.29) is 12.0 Å².